The van der Waals surface area contributed by atoms with Gasteiger partial charge in [0.25, 0.3) is 0 Å². The fraction of sp³-hybridized carbons (Fsp3) is 0.208. The summed E-state index contributed by atoms with van der Waals surface area (Å²) in [7, 11) is 0. The number of aromatic nitrogens is 1. The van der Waals surface area contributed by atoms with E-state index in [-0.39, 0.29) is 43.7 Å². The Morgan fingerprint density at radius 1 is 1.00 bits per heavy atom. The highest BCUT2D eigenvalue weighted by Crippen LogP contribution is 2.24. The highest BCUT2D eigenvalue weighted by atomic mass is 35.5. The van der Waals surface area contributed by atoms with Crippen molar-refractivity contribution in [2.75, 3.05) is 18.5 Å². The molecule has 0 fully saturated rings. The SMILES string of the molecule is CCOC(=O)CN[C@@H](Cc1ccccc1)C(=O)Nc1cc(-c2ccncc2)ccc1F.Cl.Cl. The number of anilines is 1. The molecule has 0 radical (unpaired) electrons. The second-order valence-electron chi connectivity index (χ2n) is 6.85. The van der Waals surface area contributed by atoms with Crippen LogP contribution in [0.3, 0.4) is 0 Å². The van der Waals surface area contributed by atoms with Crippen LogP contribution in [-0.2, 0) is 20.7 Å². The summed E-state index contributed by atoms with van der Waals surface area (Å²) in [6.07, 6.45) is 3.62. The standard InChI is InChI=1S/C24H24FN3O3.2ClH/c1-2-31-23(29)16-27-22(14-17-6-4-3-5-7-17)24(30)28-21-15-19(8-9-20(21)25)18-10-12-26-13-11-18;;/h3-13,15,22,27H,2,14,16H2,1H3,(H,28,30);2*1H/t22-;;/m0../s1. The minimum atomic E-state index is -0.754. The Bertz CT molecular complexity index is 1020. The highest BCUT2D eigenvalue weighted by Gasteiger charge is 2.21. The van der Waals surface area contributed by atoms with Crippen molar-refractivity contribution in [3.8, 4) is 11.1 Å². The van der Waals surface area contributed by atoms with Gasteiger partial charge in [0.2, 0.25) is 5.91 Å². The molecule has 1 amide bonds. The first-order chi connectivity index (χ1) is 15.1. The van der Waals surface area contributed by atoms with Crippen LogP contribution >= 0.6 is 24.8 Å². The summed E-state index contributed by atoms with van der Waals surface area (Å²) in [6, 6.07) is 16.8. The predicted molar refractivity (Wildman–Crippen MR) is 131 cm³/mol. The van der Waals surface area contributed by atoms with Gasteiger partial charge in [-0.2, -0.15) is 0 Å². The van der Waals surface area contributed by atoms with E-state index in [1.54, 1.807) is 43.6 Å². The van der Waals surface area contributed by atoms with Gasteiger partial charge in [-0.15, -0.1) is 24.8 Å². The largest absolute Gasteiger partial charge is 0.465 e. The third-order valence-corrected chi connectivity index (χ3v) is 4.64. The zero-order valence-corrected chi connectivity index (χ0v) is 19.6. The fourth-order valence-corrected chi connectivity index (χ4v) is 3.09. The summed E-state index contributed by atoms with van der Waals surface area (Å²) < 4.78 is 19.4. The number of rotatable bonds is 9. The summed E-state index contributed by atoms with van der Waals surface area (Å²) in [5, 5.41) is 5.57. The first kappa shape index (κ1) is 28.0. The lowest BCUT2D eigenvalue weighted by molar-refractivity contribution is -0.142. The van der Waals surface area contributed by atoms with Crippen molar-refractivity contribution in [3.05, 3.63) is 84.4 Å². The summed E-state index contributed by atoms with van der Waals surface area (Å²) in [6.45, 7) is 1.84. The number of hydrogen-bond acceptors (Lipinski definition) is 5. The van der Waals surface area contributed by atoms with Gasteiger partial charge in [-0.25, -0.2) is 4.39 Å². The average Bonchev–Trinajstić information content (AvgIpc) is 2.79. The van der Waals surface area contributed by atoms with Crippen LogP contribution in [0.5, 0.6) is 0 Å². The van der Waals surface area contributed by atoms with Crippen LogP contribution < -0.4 is 10.6 Å². The molecular formula is C24H26Cl2FN3O3. The second-order valence-corrected chi connectivity index (χ2v) is 6.85. The Morgan fingerprint density at radius 2 is 1.70 bits per heavy atom. The van der Waals surface area contributed by atoms with E-state index in [9.17, 15) is 14.0 Å². The normalized spacial score (nSPS) is 10.8. The summed E-state index contributed by atoms with van der Waals surface area (Å²) >= 11 is 0. The zero-order chi connectivity index (χ0) is 22.1. The molecule has 0 unspecified atom stereocenters. The number of pyridine rings is 1. The first-order valence-electron chi connectivity index (χ1n) is 10.0. The van der Waals surface area contributed by atoms with Gasteiger partial charge < -0.3 is 10.1 Å². The van der Waals surface area contributed by atoms with Gasteiger partial charge in [0.15, 0.2) is 0 Å². The van der Waals surface area contributed by atoms with Gasteiger partial charge in [-0.3, -0.25) is 19.9 Å². The molecule has 33 heavy (non-hydrogen) atoms. The maximum atomic E-state index is 14.4. The number of esters is 1. The fourth-order valence-electron chi connectivity index (χ4n) is 3.09. The van der Waals surface area contributed by atoms with E-state index in [4.69, 9.17) is 4.74 Å². The minimum Gasteiger partial charge on any atom is -0.465 e. The van der Waals surface area contributed by atoms with Crippen molar-refractivity contribution in [1.82, 2.24) is 10.3 Å². The molecule has 0 saturated heterocycles. The number of hydrogen-bond donors (Lipinski definition) is 2. The Labute approximate surface area is 204 Å². The van der Waals surface area contributed by atoms with Crippen LogP contribution in [0.4, 0.5) is 10.1 Å². The number of nitrogens with one attached hydrogen (secondary N) is 2. The number of carbonyl (C=O) groups is 2. The molecule has 6 nitrogen and oxygen atoms in total. The first-order valence-corrected chi connectivity index (χ1v) is 10.0. The van der Waals surface area contributed by atoms with Crippen LogP contribution in [0.1, 0.15) is 12.5 Å². The quantitative estimate of drug-likeness (QED) is 0.431. The van der Waals surface area contributed by atoms with Gasteiger partial charge >= 0.3 is 5.97 Å². The Hall–Kier alpha value is -3.00. The van der Waals surface area contributed by atoms with Crippen molar-refractivity contribution in [3.63, 3.8) is 0 Å². The van der Waals surface area contributed by atoms with E-state index in [0.717, 1.165) is 16.7 Å². The summed E-state index contributed by atoms with van der Waals surface area (Å²) in [5.74, 6) is -1.45. The van der Waals surface area contributed by atoms with E-state index in [2.05, 4.69) is 15.6 Å². The van der Waals surface area contributed by atoms with Gasteiger partial charge in [0, 0.05) is 12.4 Å². The number of amides is 1. The molecule has 176 valence electrons. The highest BCUT2D eigenvalue weighted by molar-refractivity contribution is 5.96. The van der Waals surface area contributed by atoms with Crippen LogP contribution in [0, 0.1) is 5.82 Å². The lowest BCUT2D eigenvalue weighted by Gasteiger charge is -2.19. The van der Waals surface area contributed by atoms with E-state index in [0.29, 0.717) is 6.42 Å². The Morgan fingerprint density at radius 3 is 2.36 bits per heavy atom. The molecule has 1 heterocycles. The second kappa shape index (κ2) is 14.2. The monoisotopic (exact) mass is 493 g/mol. The van der Waals surface area contributed by atoms with Crippen LogP contribution in [-0.4, -0.2) is 36.1 Å². The number of ether oxygens (including phenoxy) is 1. The van der Waals surface area contributed by atoms with Gasteiger partial charge in [0.05, 0.1) is 24.9 Å². The molecule has 2 N–H and O–H groups in total. The van der Waals surface area contributed by atoms with Crippen molar-refractivity contribution < 1.29 is 18.7 Å². The Kier molecular flexibility index (Phi) is 12.1. The van der Waals surface area contributed by atoms with E-state index < -0.39 is 23.7 Å². The van der Waals surface area contributed by atoms with Crippen LogP contribution in [0.25, 0.3) is 11.1 Å². The zero-order valence-electron chi connectivity index (χ0n) is 18.0. The number of benzene rings is 2. The van der Waals surface area contributed by atoms with Gasteiger partial charge in [0.1, 0.15) is 5.82 Å². The number of halogens is 3. The van der Waals surface area contributed by atoms with E-state index in [1.165, 1.54) is 6.07 Å². The molecule has 0 aliphatic heterocycles. The van der Waals surface area contributed by atoms with Gasteiger partial charge in [-0.05, 0) is 54.3 Å². The van der Waals surface area contributed by atoms with Crippen LogP contribution in [0.15, 0.2) is 73.1 Å². The third kappa shape index (κ3) is 8.46. The lowest BCUT2D eigenvalue weighted by Crippen LogP contribution is -2.44. The smallest absolute Gasteiger partial charge is 0.319 e. The molecule has 3 aromatic rings. The molecule has 0 saturated carbocycles. The molecular weight excluding hydrogens is 468 g/mol. The summed E-state index contributed by atoms with van der Waals surface area (Å²) in [4.78, 5) is 28.7. The number of carbonyl (C=O) groups excluding carboxylic acids is 2. The molecule has 1 atom stereocenters. The van der Waals surface area contributed by atoms with E-state index in [1.807, 2.05) is 30.3 Å². The maximum Gasteiger partial charge on any atom is 0.319 e. The van der Waals surface area contributed by atoms with Crippen molar-refractivity contribution in [1.29, 1.82) is 0 Å². The average molecular weight is 494 g/mol. The maximum absolute atomic E-state index is 14.4. The van der Waals surface area contributed by atoms with Crippen molar-refractivity contribution in [2.24, 2.45) is 0 Å². The summed E-state index contributed by atoms with van der Waals surface area (Å²) in [5.41, 5.74) is 2.57. The number of nitrogens with zero attached hydrogens (tertiary/aromatic N) is 1. The van der Waals surface area contributed by atoms with Crippen molar-refractivity contribution >= 4 is 42.4 Å². The topological polar surface area (TPSA) is 80.3 Å². The molecule has 0 aliphatic rings. The molecule has 3 rings (SSSR count). The predicted octanol–water partition coefficient (Wildman–Crippen LogP) is 4.43. The van der Waals surface area contributed by atoms with Crippen LogP contribution in [0.2, 0.25) is 0 Å². The third-order valence-electron chi connectivity index (χ3n) is 4.64. The minimum absolute atomic E-state index is 0. The van der Waals surface area contributed by atoms with Crippen molar-refractivity contribution in [2.45, 2.75) is 19.4 Å². The molecule has 0 aliphatic carbocycles. The Balaban J connectivity index is 0.00000272. The molecule has 9 heteroatoms. The van der Waals surface area contributed by atoms with Gasteiger partial charge in [-0.1, -0.05) is 36.4 Å². The molecule has 0 bridgehead atoms. The molecule has 1 aromatic heterocycles. The lowest BCUT2D eigenvalue weighted by atomic mass is 10.0. The van der Waals surface area contributed by atoms with E-state index >= 15 is 0 Å². The molecule has 0 spiro atoms. The molecule has 2 aromatic carbocycles.